The predicted molar refractivity (Wildman–Crippen MR) is 224 cm³/mol. The molecule has 0 aliphatic heterocycles. The molecule has 0 N–H and O–H groups in total. The largest absolute Gasteiger partial charge is 0.310 e. The summed E-state index contributed by atoms with van der Waals surface area (Å²) in [7, 11) is 0. The lowest BCUT2D eigenvalue weighted by atomic mass is 9.82. The molecule has 9 aromatic rings. The minimum absolute atomic E-state index is 0.130. The smallest absolute Gasteiger partial charge is 0.0651 e. The zero-order valence-electron chi connectivity index (χ0n) is 50.8. The molecule has 252 valence electrons. The lowest BCUT2D eigenvalue weighted by Gasteiger charge is -2.28. The Balaban J connectivity index is 1.36. The standard InChI is InChI=1S/C51H38N2/c1-51(2)47-22-11-9-20-43(47)44-30-29-42(34-48(44)51)52(40-27-24-36(25-28-40)35-14-5-3-6-15-35)41-19-13-16-37(32-41)38-26-31-50-46(33-38)45-21-10-12-23-49(45)53(50)39-17-7-4-8-18-39/h3-34H,1-2H3/i1D3,3D,5D,6D,9D,11D,13D,14D,15D,16D,19D,20D,22D,24D,25D,27D,28D,29D,30D,32D,34D. The maximum atomic E-state index is 10.1. The van der Waals surface area contributed by atoms with Gasteiger partial charge in [-0.1, -0.05) is 141 Å². The van der Waals surface area contributed by atoms with Crippen LogP contribution in [-0.2, 0) is 5.41 Å². The van der Waals surface area contributed by atoms with E-state index in [1.54, 1.807) is 18.2 Å². The highest BCUT2D eigenvalue weighted by molar-refractivity contribution is 6.10. The second-order valence-electron chi connectivity index (χ2n) is 12.6. The van der Waals surface area contributed by atoms with Crippen molar-refractivity contribution in [2.24, 2.45) is 0 Å². The van der Waals surface area contributed by atoms with Gasteiger partial charge in [0.25, 0.3) is 0 Å². The minimum Gasteiger partial charge on any atom is -0.310 e. The number of hydrogen-bond acceptors (Lipinski definition) is 1. The first kappa shape index (κ1) is 15.5. The lowest BCUT2D eigenvalue weighted by molar-refractivity contribution is 0.660. The van der Waals surface area contributed by atoms with Crippen molar-refractivity contribution in [2.75, 3.05) is 4.90 Å². The molecule has 0 fully saturated rings. The van der Waals surface area contributed by atoms with E-state index in [9.17, 15) is 15.1 Å². The summed E-state index contributed by atoms with van der Waals surface area (Å²) in [6, 6.07) is 3.45. The number of para-hydroxylation sites is 2. The van der Waals surface area contributed by atoms with E-state index in [1.165, 1.54) is 0 Å². The Bertz CT molecular complexity index is 4010. The molecule has 2 heteroatoms. The summed E-state index contributed by atoms with van der Waals surface area (Å²) in [5.41, 5.74) is -7.03. The average molecular weight is 702 g/mol. The molecule has 0 saturated heterocycles. The zero-order valence-corrected chi connectivity index (χ0v) is 27.8. The number of hydrogen-bond donors (Lipinski definition) is 0. The molecule has 53 heavy (non-hydrogen) atoms. The van der Waals surface area contributed by atoms with Crippen molar-refractivity contribution < 1.29 is 31.5 Å². The van der Waals surface area contributed by atoms with E-state index in [-0.39, 0.29) is 11.1 Å². The van der Waals surface area contributed by atoms with Gasteiger partial charge in [-0.3, -0.25) is 0 Å². The maximum Gasteiger partial charge on any atom is 0.0651 e. The molecule has 1 unspecified atom stereocenters. The maximum absolute atomic E-state index is 10.1. The van der Waals surface area contributed by atoms with E-state index in [0.29, 0.717) is 15.8 Å². The summed E-state index contributed by atoms with van der Waals surface area (Å²) in [4.78, 5) is 0.568. The third-order valence-corrected chi connectivity index (χ3v) is 9.36. The number of aromatic nitrogens is 1. The van der Waals surface area contributed by atoms with Crippen LogP contribution in [0.2, 0.25) is 0 Å². The lowest BCUT2D eigenvalue weighted by Crippen LogP contribution is -2.16. The van der Waals surface area contributed by atoms with Crippen molar-refractivity contribution >= 4 is 38.9 Å². The van der Waals surface area contributed by atoms with Crippen molar-refractivity contribution in [3.05, 3.63) is 205 Å². The molecule has 0 amide bonds. The third-order valence-electron chi connectivity index (χ3n) is 9.36. The van der Waals surface area contributed by atoms with Crippen LogP contribution < -0.4 is 4.90 Å². The van der Waals surface area contributed by atoms with Crippen molar-refractivity contribution in [2.45, 2.75) is 19.2 Å². The minimum atomic E-state index is -3.30. The average Bonchev–Trinajstić information content (AvgIpc) is 4.03. The van der Waals surface area contributed by atoms with Gasteiger partial charge in [-0.15, -0.1) is 0 Å². The van der Waals surface area contributed by atoms with Gasteiger partial charge < -0.3 is 9.47 Å². The SMILES string of the molecule is [2H]c1c([2H])c([2H])c(-c2c([2H])c([2H])c(N(c3c([2H])c([2H])c([2H])c(-c4ccc5c(c4)c4ccccc4n5-c4ccccc4)c3[2H])c3c([2H])c([2H])c4c(c3[2H])C(C)(C([2H])([2H])[2H])c3c([2H])c([2H])c([2H])c([2H])c3-4)c([2H])c2[2H])c([2H])c1[2H]. The van der Waals surface area contributed by atoms with Crippen LogP contribution in [0.1, 0.15) is 56.4 Å². The van der Waals surface area contributed by atoms with Crippen molar-refractivity contribution in [3.8, 4) is 39.1 Å². The fourth-order valence-electron chi connectivity index (χ4n) is 6.90. The Labute approximate surface area is 343 Å². The number of anilines is 3. The summed E-state index contributed by atoms with van der Waals surface area (Å²) in [6.07, 6.45) is 0. The first-order valence-corrected chi connectivity index (χ1v) is 16.6. The van der Waals surface area contributed by atoms with Gasteiger partial charge in [-0.25, -0.2) is 0 Å². The molecule has 0 saturated carbocycles. The number of fused-ring (bicyclic) bond motifs is 6. The van der Waals surface area contributed by atoms with E-state index in [4.69, 9.17) is 16.4 Å². The van der Waals surface area contributed by atoms with E-state index in [0.717, 1.165) is 23.5 Å². The van der Waals surface area contributed by atoms with Gasteiger partial charge in [0.2, 0.25) is 0 Å². The van der Waals surface area contributed by atoms with Gasteiger partial charge in [-0.05, 0) is 111 Å². The van der Waals surface area contributed by atoms with Gasteiger partial charge in [0.1, 0.15) is 0 Å². The Kier molecular flexibility index (Phi) is 3.59. The Morgan fingerprint density at radius 1 is 0.509 bits per heavy atom. The van der Waals surface area contributed by atoms with E-state index in [1.807, 2.05) is 59.2 Å². The van der Waals surface area contributed by atoms with Crippen LogP contribution >= 0.6 is 0 Å². The van der Waals surface area contributed by atoms with Crippen molar-refractivity contribution in [3.63, 3.8) is 0 Å². The Morgan fingerprint density at radius 2 is 1.19 bits per heavy atom. The molecule has 8 aromatic carbocycles. The molecule has 2 nitrogen and oxygen atoms in total. The van der Waals surface area contributed by atoms with Crippen molar-refractivity contribution in [1.82, 2.24) is 4.57 Å². The van der Waals surface area contributed by atoms with Crippen LogP contribution in [0.3, 0.4) is 0 Å². The van der Waals surface area contributed by atoms with Crippen molar-refractivity contribution in [1.29, 1.82) is 0 Å². The number of rotatable bonds is 6. The molecule has 1 aliphatic rings. The second-order valence-corrected chi connectivity index (χ2v) is 12.6. The van der Waals surface area contributed by atoms with Gasteiger partial charge in [0, 0.05) is 43.0 Å². The fourth-order valence-corrected chi connectivity index (χ4v) is 6.90. The first-order chi connectivity index (χ1) is 35.6. The number of nitrogens with zero attached hydrogens (tertiary/aromatic N) is 2. The van der Waals surface area contributed by atoms with Gasteiger partial charge >= 0.3 is 0 Å². The normalized spacial score (nSPS) is 21.0. The van der Waals surface area contributed by atoms with Crippen LogP contribution in [0.15, 0.2) is 194 Å². The molecule has 0 bridgehead atoms. The molecule has 10 rings (SSSR count). The zero-order chi connectivity index (χ0) is 55.4. The highest BCUT2D eigenvalue weighted by Crippen LogP contribution is 2.51. The summed E-state index contributed by atoms with van der Waals surface area (Å²) in [5.74, 6) is 0. The molecule has 0 spiro atoms. The highest BCUT2D eigenvalue weighted by Gasteiger charge is 2.35. The molecule has 1 aromatic heterocycles. The van der Waals surface area contributed by atoms with E-state index >= 15 is 0 Å². The fraction of sp³-hybridized carbons (Fsp3) is 0.0588. The monoisotopic (exact) mass is 701 g/mol. The van der Waals surface area contributed by atoms with Crippen LogP contribution in [0.4, 0.5) is 17.1 Å². The molecule has 1 atom stereocenters. The van der Waals surface area contributed by atoms with Gasteiger partial charge in [-0.2, -0.15) is 0 Å². The first-order valence-electron chi connectivity index (χ1n) is 28.1. The predicted octanol–water partition coefficient (Wildman–Crippen LogP) is 13.9. The van der Waals surface area contributed by atoms with E-state index < -0.39 is 184 Å². The molecule has 1 aliphatic carbocycles. The highest BCUT2D eigenvalue weighted by atomic mass is 15.1. The van der Waals surface area contributed by atoms with Crippen LogP contribution in [0.25, 0.3) is 60.9 Å². The molecular formula is C51H38N2. The molecule has 1 heterocycles. The third kappa shape index (κ3) is 5.10. The van der Waals surface area contributed by atoms with Gasteiger partial charge in [0.15, 0.2) is 0 Å². The molecular weight excluding hydrogens is 641 g/mol. The summed E-state index contributed by atoms with van der Waals surface area (Å²) in [6.45, 7) is -2.23. The summed E-state index contributed by atoms with van der Waals surface area (Å²) >= 11 is 0. The van der Waals surface area contributed by atoms with E-state index in [2.05, 4.69) is 0 Å². The van der Waals surface area contributed by atoms with Crippen LogP contribution in [0.5, 0.6) is 0 Å². The summed E-state index contributed by atoms with van der Waals surface area (Å²) < 4.78 is 211. The van der Waals surface area contributed by atoms with Crippen LogP contribution in [-0.4, -0.2) is 4.57 Å². The second kappa shape index (κ2) is 12.3. The summed E-state index contributed by atoms with van der Waals surface area (Å²) in [5, 5.41) is 1.36. The Hall–Kier alpha value is -6.64. The van der Waals surface area contributed by atoms with Gasteiger partial charge in [0.05, 0.1) is 38.4 Å². The topological polar surface area (TPSA) is 8.17 Å². The quantitative estimate of drug-likeness (QED) is 0.168. The number of benzene rings is 8. The molecule has 0 radical (unpaired) electrons. The van der Waals surface area contributed by atoms with Crippen LogP contribution in [0, 0.1) is 0 Å². The Morgan fingerprint density at radius 3 is 2.04 bits per heavy atom.